The molecule has 0 aromatic heterocycles. The molecule has 2 saturated heterocycles. The van der Waals surface area contributed by atoms with Crippen molar-refractivity contribution in [2.24, 2.45) is 0 Å². The van der Waals surface area contributed by atoms with Crippen LogP contribution in [-0.4, -0.2) is 42.9 Å². The van der Waals surface area contributed by atoms with Crippen LogP contribution in [0.1, 0.15) is 26.2 Å². The molecule has 0 aromatic carbocycles. The van der Waals surface area contributed by atoms with Gasteiger partial charge < -0.3 is 14.4 Å². The summed E-state index contributed by atoms with van der Waals surface area (Å²) in [4.78, 5) is 13.3. The van der Waals surface area contributed by atoms with E-state index >= 15 is 0 Å². The van der Waals surface area contributed by atoms with Gasteiger partial charge in [0.2, 0.25) is 0 Å². The van der Waals surface area contributed by atoms with Crippen LogP contribution in [0.3, 0.4) is 0 Å². The zero-order valence-electron chi connectivity index (χ0n) is 8.62. The van der Waals surface area contributed by atoms with Crippen molar-refractivity contribution in [2.45, 2.75) is 31.8 Å². The third-order valence-corrected chi connectivity index (χ3v) is 3.19. The molecule has 2 aliphatic rings. The van der Waals surface area contributed by atoms with Gasteiger partial charge in [-0.2, -0.15) is 0 Å². The molecule has 2 heterocycles. The Morgan fingerprint density at radius 3 is 2.93 bits per heavy atom. The molecule has 80 valence electrons. The minimum absolute atomic E-state index is 0.305. The second kappa shape index (κ2) is 3.77. The molecule has 14 heavy (non-hydrogen) atoms. The topological polar surface area (TPSA) is 38.8 Å². The first-order valence-electron chi connectivity index (χ1n) is 5.32. The van der Waals surface area contributed by atoms with Crippen molar-refractivity contribution < 1.29 is 14.3 Å². The Kier molecular flexibility index (Phi) is 2.63. The summed E-state index contributed by atoms with van der Waals surface area (Å²) in [6.07, 6.45) is 2.45. The maximum Gasteiger partial charge on any atom is 0.509 e. The summed E-state index contributed by atoms with van der Waals surface area (Å²) in [5.74, 6) is 0. The van der Waals surface area contributed by atoms with Gasteiger partial charge in [0.15, 0.2) is 5.60 Å². The Hall–Kier alpha value is -0.770. The zero-order chi connectivity index (χ0) is 10.0. The largest absolute Gasteiger partial charge is 0.509 e. The summed E-state index contributed by atoms with van der Waals surface area (Å²) < 4.78 is 10.2. The van der Waals surface area contributed by atoms with Gasteiger partial charge in [-0.15, -0.1) is 0 Å². The van der Waals surface area contributed by atoms with Crippen molar-refractivity contribution in [1.82, 2.24) is 4.90 Å². The van der Waals surface area contributed by atoms with Gasteiger partial charge in [0.05, 0.1) is 0 Å². The van der Waals surface area contributed by atoms with E-state index in [9.17, 15) is 4.79 Å². The van der Waals surface area contributed by atoms with Crippen LogP contribution in [-0.2, 0) is 9.47 Å². The highest BCUT2D eigenvalue weighted by Crippen LogP contribution is 2.31. The molecule has 4 nitrogen and oxygen atoms in total. The lowest BCUT2D eigenvalue weighted by Crippen LogP contribution is -2.33. The summed E-state index contributed by atoms with van der Waals surface area (Å²) in [7, 11) is 0. The summed E-state index contributed by atoms with van der Waals surface area (Å²) in [5, 5.41) is 0. The van der Waals surface area contributed by atoms with Gasteiger partial charge in [-0.25, -0.2) is 4.79 Å². The number of carbonyl (C=O) groups is 1. The molecule has 0 bridgehead atoms. The predicted molar refractivity (Wildman–Crippen MR) is 51.1 cm³/mol. The first-order valence-corrected chi connectivity index (χ1v) is 5.32. The van der Waals surface area contributed by atoms with E-state index in [-0.39, 0.29) is 5.60 Å². The molecule has 1 spiro atoms. The van der Waals surface area contributed by atoms with Gasteiger partial charge >= 0.3 is 6.16 Å². The van der Waals surface area contributed by atoms with Crippen molar-refractivity contribution in [1.29, 1.82) is 0 Å². The van der Waals surface area contributed by atoms with E-state index in [0.29, 0.717) is 6.61 Å². The Morgan fingerprint density at radius 1 is 1.43 bits per heavy atom. The molecule has 0 N–H and O–H groups in total. The zero-order valence-corrected chi connectivity index (χ0v) is 8.62. The first-order chi connectivity index (χ1) is 6.74. The fourth-order valence-electron chi connectivity index (χ4n) is 2.21. The number of hydrogen-bond acceptors (Lipinski definition) is 4. The summed E-state index contributed by atoms with van der Waals surface area (Å²) >= 11 is 0. The van der Waals surface area contributed by atoms with Gasteiger partial charge in [0, 0.05) is 13.0 Å². The van der Waals surface area contributed by atoms with E-state index in [2.05, 4.69) is 11.8 Å². The van der Waals surface area contributed by atoms with E-state index in [1.807, 2.05) is 0 Å². The minimum atomic E-state index is -0.491. The molecule has 0 aromatic rings. The Morgan fingerprint density at radius 2 is 2.29 bits per heavy atom. The lowest BCUT2D eigenvalue weighted by atomic mass is 9.96. The molecule has 1 atom stereocenters. The third kappa shape index (κ3) is 1.85. The Labute approximate surface area is 84.2 Å². The fraction of sp³-hybridized carbons (Fsp3) is 0.900. The van der Waals surface area contributed by atoms with Gasteiger partial charge in [-0.3, -0.25) is 0 Å². The van der Waals surface area contributed by atoms with Gasteiger partial charge in [-0.1, -0.05) is 6.92 Å². The van der Waals surface area contributed by atoms with Crippen molar-refractivity contribution in [3.63, 3.8) is 0 Å². The number of rotatable bonds is 1. The smallest absolute Gasteiger partial charge is 0.430 e. The van der Waals surface area contributed by atoms with Crippen LogP contribution in [0.2, 0.25) is 0 Å². The Balaban J connectivity index is 1.97. The monoisotopic (exact) mass is 199 g/mol. The normalized spacial score (nSPS) is 33.9. The first kappa shape index (κ1) is 9.77. The van der Waals surface area contributed by atoms with E-state index in [1.54, 1.807) is 0 Å². The lowest BCUT2D eigenvalue weighted by Gasteiger charge is -2.23. The highest BCUT2D eigenvalue weighted by atomic mass is 16.8. The second-order valence-electron chi connectivity index (χ2n) is 4.11. The number of cyclic esters (lactones) is 1. The van der Waals surface area contributed by atoms with Crippen LogP contribution in [0.5, 0.6) is 0 Å². The molecule has 0 saturated carbocycles. The number of ether oxygens (including phenoxy) is 2. The van der Waals surface area contributed by atoms with E-state index in [0.717, 1.165) is 38.9 Å². The summed E-state index contributed by atoms with van der Waals surface area (Å²) in [6, 6.07) is 0. The molecule has 1 unspecified atom stereocenters. The molecule has 0 amide bonds. The summed E-state index contributed by atoms with van der Waals surface area (Å²) in [5.41, 5.74) is -0.305. The molecule has 2 rings (SSSR count). The maximum atomic E-state index is 10.9. The van der Waals surface area contributed by atoms with Gasteiger partial charge in [0.25, 0.3) is 0 Å². The number of carbonyl (C=O) groups excluding carboxylic acids is 1. The number of nitrogens with zero attached hydrogens (tertiary/aromatic N) is 1. The molecule has 2 aliphatic heterocycles. The second-order valence-corrected chi connectivity index (χ2v) is 4.11. The van der Waals surface area contributed by atoms with Crippen molar-refractivity contribution in [3.8, 4) is 0 Å². The van der Waals surface area contributed by atoms with Crippen LogP contribution in [0.4, 0.5) is 4.79 Å². The third-order valence-electron chi connectivity index (χ3n) is 3.19. The van der Waals surface area contributed by atoms with E-state index in [4.69, 9.17) is 9.47 Å². The highest BCUT2D eigenvalue weighted by Gasteiger charge is 2.42. The van der Waals surface area contributed by atoms with Crippen LogP contribution >= 0.6 is 0 Å². The van der Waals surface area contributed by atoms with Crippen LogP contribution in [0, 0.1) is 0 Å². The van der Waals surface area contributed by atoms with E-state index in [1.165, 1.54) is 0 Å². The molecule has 4 heteroatoms. The highest BCUT2D eigenvalue weighted by molar-refractivity contribution is 5.62. The van der Waals surface area contributed by atoms with Gasteiger partial charge in [0.1, 0.15) is 6.61 Å². The van der Waals surface area contributed by atoms with E-state index < -0.39 is 6.16 Å². The van der Waals surface area contributed by atoms with Crippen molar-refractivity contribution >= 4 is 6.16 Å². The average molecular weight is 199 g/mol. The lowest BCUT2D eigenvalue weighted by molar-refractivity contribution is 0.0446. The van der Waals surface area contributed by atoms with Crippen LogP contribution in [0.15, 0.2) is 0 Å². The number of likely N-dealkylation sites (tertiary alicyclic amines) is 1. The van der Waals surface area contributed by atoms with Crippen LogP contribution < -0.4 is 0 Å². The van der Waals surface area contributed by atoms with Crippen molar-refractivity contribution in [2.75, 3.05) is 26.2 Å². The fourth-order valence-corrected chi connectivity index (χ4v) is 2.21. The van der Waals surface area contributed by atoms with Crippen LogP contribution in [0.25, 0.3) is 0 Å². The SMILES string of the molecule is CCN1CCCC2(CC1)COC(=O)O2. The Bertz CT molecular complexity index is 231. The molecular weight excluding hydrogens is 182 g/mol. The molecule has 2 fully saturated rings. The number of hydrogen-bond donors (Lipinski definition) is 0. The minimum Gasteiger partial charge on any atom is -0.430 e. The molecule has 0 radical (unpaired) electrons. The van der Waals surface area contributed by atoms with Crippen molar-refractivity contribution in [3.05, 3.63) is 0 Å². The quantitative estimate of drug-likeness (QED) is 0.598. The average Bonchev–Trinajstić information content (AvgIpc) is 2.44. The van der Waals surface area contributed by atoms with Gasteiger partial charge in [-0.05, 0) is 25.9 Å². The maximum absolute atomic E-state index is 10.9. The molecule has 0 aliphatic carbocycles. The molecular formula is C10H17NO3. The summed E-state index contributed by atoms with van der Waals surface area (Å²) in [6.45, 7) is 5.80. The predicted octanol–water partition coefficient (Wildman–Crippen LogP) is 1.40. The standard InChI is InChI=1S/C10H17NO3/c1-2-11-6-3-4-10(5-7-11)8-13-9(12)14-10/h2-8H2,1H3.